The molecular formula is C20H22Cl3NO3S. The third kappa shape index (κ3) is 7.37. The molecule has 152 valence electrons. The first-order valence-electron chi connectivity index (χ1n) is 8.73. The predicted octanol–water partition coefficient (Wildman–Crippen LogP) is 5.87. The zero-order chi connectivity index (χ0) is 20.4. The van der Waals surface area contributed by atoms with Gasteiger partial charge in [-0.05, 0) is 48.1 Å². The lowest BCUT2D eigenvalue weighted by atomic mass is 10.1. The molecule has 0 saturated carbocycles. The van der Waals surface area contributed by atoms with Gasteiger partial charge in [-0.2, -0.15) is 0 Å². The van der Waals surface area contributed by atoms with Crippen LogP contribution in [0.3, 0.4) is 0 Å². The number of nitrogens with one attached hydrogen (secondary N) is 1. The van der Waals surface area contributed by atoms with Crippen molar-refractivity contribution in [3.63, 3.8) is 0 Å². The molecule has 0 atom stereocenters. The number of hydrogen-bond donors (Lipinski definition) is 1. The molecule has 1 N–H and O–H groups in total. The van der Waals surface area contributed by atoms with Crippen molar-refractivity contribution >= 4 is 52.5 Å². The molecule has 0 bridgehead atoms. The first-order valence-corrected chi connectivity index (χ1v) is 11.2. The van der Waals surface area contributed by atoms with Gasteiger partial charge in [0.2, 0.25) is 0 Å². The van der Waals surface area contributed by atoms with Gasteiger partial charge in [-0.1, -0.05) is 47.3 Å². The van der Waals surface area contributed by atoms with Crippen molar-refractivity contribution in [2.24, 2.45) is 0 Å². The Bertz CT molecular complexity index is 749. The van der Waals surface area contributed by atoms with Crippen LogP contribution >= 0.6 is 46.8 Å². The second-order valence-electron chi connectivity index (χ2n) is 5.85. The van der Waals surface area contributed by atoms with E-state index in [-0.39, 0.29) is 5.78 Å². The fourth-order valence-electron chi connectivity index (χ4n) is 2.36. The number of carbonyl (C=O) groups excluding carboxylic acids is 1. The van der Waals surface area contributed by atoms with E-state index in [9.17, 15) is 4.79 Å². The summed E-state index contributed by atoms with van der Waals surface area (Å²) in [6.07, 6.45) is 2.97. The number of ketones is 1. The van der Waals surface area contributed by atoms with Crippen molar-refractivity contribution in [3.05, 3.63) is 46.4 Å². The SMILES string of the molecule is CSNCC(=O)CCOc1ccc(-c2cc(Cl)c(OCCCCl)c(Cl)c2)cc1. The molecule has 8 heteroatoms. The quantitative estimate of drug-likeness (QED) is 0.243. The van der Waals surface area contributed by atoms with E-state index in [0.29, 0.717) is 53.6 Å². The minimum atomic E-state index is 0.114. The number of halogens is 3. The summed E-state index contributed by atoms with van der Waals surface area (Å²) in [7, 11) is 0. The van der Waals surface area contributed by atoms with Crippen LogP contribution < -0.4 is 14.2 Å². The van der Waals surface area contributed by atoms with Gasteiger partial charge in [0.05, 0.1) is 29.8 Å². The highest BCUT2D eigenvalue weighted by Gasteiger charge is 2.11. The Hall–Kier alpha value is -1.11. The van der Waals surface area contributed by atoms with Crippen LogP contribution in [-0.4, -0.2) is 37.7 Å². The standard InChI is InChI=1S/C20H22Cl3NO3S/c1-28-24-13-16(25)7-10-26-17-5-3-14(4-6-17)15-11-18(22)20(19(23)12-15)27-9-2-8-21/h3-6,11-12,24H,2,7-10,13H2,1H3. The molecule has 0 unspecified atom stereocenters. The molecule has 0 fully saturated rings. The summed E-state index contributed by atoms with van der Waals surface area (Å²) in [5.41, 5.74) is 1.83. The fourth-order valence-corrected chi connectivity index (χ4v) is 3.37. The Kier molecular flexibility index (Phi) is 10.3. The van der Waals surface area contributed by atoms with Crippen molar-refractivity contribution in [2.75, 3.05) is 31.9 Å². The molecule has 0 saturated heterocycles. The van der Waals surface area contributed by atoms with Gasteiger partial charge in [-0.25, -0.2) is 0 Å². The van der Waals surface area contributed by atoms with Crippen LogP contribution in [0, 0.1) is 0 Å². The largest absolute Gasteiger partial charge is 0.493 e. The molecule has 28 heavy (non-hydrogen) atoms. The number of carbonyl (C=O) groups is 1. The van der Waals surface area contributed by atoms with Gasteiger partial charge in [-0.3, -0.25) is 9.52 Å². The summed E-state index contributed by atoms with van der Waals surface area (Å²) in [4.78, 5) is 11.6. The van der Waals surface area contributed by atoms with E-state index >= 15 is 0 Å². The molecule has 0 amide bonds. The highest BCUT2D eigenvalue weighted by atomic mass is 35.5. The normalized spacial score (nSPS) is 10.7. The summed E-state index contributed by atoms with van der Waals surface area (Å²) < 4.78 is 14.2. The van der Waals surface area contributed by atoms with Gasteiger partial charge in [0.15, 0.2) is 11.5 Å². The summed E-state index contributed by atoms with van der Waals surface area (Å²) in [5.74, 6) is 1.80. The number of ether oxygens (including phenoxy) is 2. The van der Waals surface area contributed by atoms with Crippen LogP contribution in [-0.2, 0) is 4.79 Å². The molecule has 0 radical (unpaired) electrons. The Morgan fingerprint density at radius 1 is 1.04 bits per heavy atom. The van der Waals surface area contributed by atoms with Crippen molar-refractivity contribution in [1.82, 2.24) is 4.72 Å². The van der Waals surface area contributed by atoms with Gasteiger partial charge < -0.3 is 9.47 Å². The first-order chi connectivity index (χ1) is 13.5. The molecule has 0 spiro atoms. The number of alkyl halides is 1. The molecule has 2 aromatic carbocycles. The first kappa shape index (κ1) is 23.2. The number of Topliss-reactive ketones (excluding diaryl/α,β-unsaturated/α-hetero) is 1. The number of rotatable bonds is 12. The molecule has 0 aliphatic heterocycles. The second-order valence-corrected chi connectivity index (χ2v) is 7.74. The number of hydrogen-bond acceptors (Lipinski definition) is 5. The predicted molar refractivity (Wildman–Crippen MR) is 119 cm³/mol. The molecule has 0 heterocycles. The van der Waals surface area contributed by atoms with E-state index in [1.54, 1.807) is 0 Å². The Labute approximate surface area is 185 Å². The maximum absolute atomic E-state index is 11.6. The van der Waals surface area contributed by atoms with Crippen LogP contribution in [0.5, 0.6) is 11.5 Å². The zero-order valence-corrected chi connectivity index (χ0v) is 18.6. The second kappa shape index (κ2) is 12.5. The van der Waals surface area contributed by atoms with Crippen LogP contribution in [0.4, 0.5) is 0 Å². The van der Waals surface area contributed by atoms with E-state index < -0.39 is 0 Å². The minimum absolute atomic E-state index is 0.114. The summed E-state index contributed by atoms with van der Waals surface area (Å²) >= 11 is 19.7. The van der Waals surface area contributed by atoms with Crippen LogP contribution in [0.25, 0.3) is 11.1 Å². The topological polar surface area (TPSA) is 47.6 Å². The molecule has 0 aliphatic carbocycles. The Balaban J connectivity index is 1.96. The Morgan fingerprint density at radius 3 is 2.32 bits per heavy atom. The summed E-state index contributed by atoms with van der Waals surface area (Å²) in [5, 5.41) is 0.907. The lowest BCUT2D eigenvalue weighted by molar-refractivity contribution is -0.118. The monoisotopic (exact) mass is 461 g/mol. The third-order valence-corrected chi connectivity index (χ3v) is 5.04. The minimum Gasteiger partial charge on any atom is -0.493 e. The average molecular weight is 463 g/mol. The van der Waals surface area contributed by atoms with Crippen LogP contribution in [0.15, 0.2) is 36.4 Å². The third-order valence-electron chi connectivity index (χ3n) is 3.77. The fraction of sp³-hybridized carbons (Fsp3) is 0.350. The lowest BCUT2D eigenvalue weighted by Gasteiger charge is -2.12. The molecule has 0 aliphatic rings. The van der Waals surface area contributed by atoms with Gasteiger partial charge >= 0.3 is 0 Å². The van der Waals surface area contributed by atoms with Gasteiger partial charge in [0.25, 0.3) is 0 Å². The van der Waals surface area contributed by atoms with Crippen molar-refractivity contribution in [1.29, 1.82) is 0 Å². The smallest absolute Gasteiger partial charge is 0.156 e. The molecular weight excluding hydrogens is 441 g/mol. The van der Waals surface area contributed by atoms with Crippen molar-refractivity contribution < 1.29 is 14.3 Å². The van der Waals surface area contributed by atoms with E-state index in [1.807, 2.05) is 42.7 Å². The number of benzene rings is 2. The molecule has 2 rings (SSSR count). The Morgan fingerprint density at radius 2 is 1.71 bits per heavy atom. The zero-order valence-electron chi connectivity index (χ0n) is 15.5. The molecule has 4 nitrogen and oxygen atoms in total. The van der Waals surface area contributed by atoms with Gasteiger partial charge in [0.1, 0.15) is 5.75 Å². The maximum Gasteiger partial charge on any atom is 0.156 e. The van der Waals surface area contributed by atoms with E-state index in [2.05, 4.69) is 4.72 Å². The highest BCUT2D eigenvalue weighted by molar-refractivity contribution is 7.96. The van der Waals surface area contributed by atoms with E-state index in [0.717, 1.165) is 17.5 Å². The highest BCUT2D eigenvalue weighted by Crippen LogP contribution is 2.38. The summed E-state index contributed by atoms with van der Waals surface area (Å²) in [6, 6.07) is 11.2. The van der Waals surface area contributed by atoms with Crippen molar-refractivity contribution in [3.8, 4) is 22.6 Å². The van der Waals surface area contributed by atoms with Crippen LogP contribution in [0.1, 0.15) is 12.8 Å². The molecule has 2 aromatic rings. The van der Waals surface area contributed by atoms with Crippen molar-refractivity contribution in [2.45, 2.75) is 12.8 Å². The van der Waals surface area contributed by atoms with Gasteiger partial charge in [-0.15, -0.1) is 11.6 Å². The van der Waals surface area contributed by atoms with Crippen LogP contribution in [0.2, 0.25) is 10.0 Å². The maximum atomic E-state index is 11.6. The van der Waals surface area contributed by atoms with E-state index in [4.69, 9.17) is 44.3 Å². The summed E-state index contributed by atoms with van der Waals surface area (Å²) in [6.45, 7) is 1.15. The molecule has 0 aromatic heterocycles. The van der Waals surface area contributed by atoms with Gasteiger partial charge in [0, 0.05) is 12.3 Å². The van der Waals surface area contributed by atoms with E-state index in [1.165, 1.54) is 11.9 Å². The average Bonchev–Trinajstić information content (AvgIpc) is 2.69. The lowest BCUT2D eigenvalue weighted by Crippen LogP contribution is -2.18.